The Morgan fingerprint density at radius 2 is 1.94 bits per heavy atom. The van der Waals surface area contributed by atoms with Crippen molar-refractivity contribution in [2.24, 2.45) is 11.8 Å². The lowest BCUT2D eigenvalue weighted by Gasteiger charge is -2.49. The number of hydrogen-bond acceptors (Lipinski definition) is 2. The Balaban J connectivity index is 2.24. The summed E-state index contributed by atoms with van der Waals surface area (Å²) in [5.74, 6) is 1.46. The zero-order valence-electron chi connectivity index (χ0n) is 11.3. The molecule has 2 rings (SSSR count). The molecule has 2 aliphatic rings. The summed E-state index contributed by atoms with van der Waals surface area (Å²) in [6, 6.07) is 0.613. The predicted octanol–water partition coefficient (Wildman–Crippen LogP) is 3.27. The molecule has 0 unspecified atom stereocenters. The molecule has 0 N–H and O–H groups in total. The molecule has 1 saturated carbocycles. The smallest absolute Gasteiger partial charge is 0.125 e. The van der Waals surface area contributed by atoms with Crippen LogP contribution in [0.1, 0.15) is 53.4 Å². The molecule has 16 heavy (non-hydrogen) atoms. The second-order valence-corrected chi connectivity index (χ2v) is 6.08. The second-order valence-electron chi connectivity index (χ2n) is 6.08. The lowest BCUT2D eigenvalue weighted by Crippen LogP contribution is -2.56. The van der Waals surface area contributed by atoms with Crippen LogP contribution in [0.2, 0.25) is 0 Å². The molecule has 2 fully saturated rings. The summed E-state index contributed by atoms with van der Waals surface area (Å²) in [6.45, 7) is 11.4. The fourth-order valence-corrected chi connectivity index (χ4v) is 3.83. The van der Waals surface area contributed by atoms with Gasteiger partial charge < -0.3 is 4.74 Å². The fraction of sp³-hybridized carbons (Fsp3) is 1.00. The third kappa shape index (κ3) is 1.91. The molecular formula is C14H27NO. The van der Waals surface area contributed by atoms with Crippen molar-refractivity contribution in [1.29, 1.82) is 0 Å². The number of rotatable bonds is 2. The third-order valence-electron chi connectivity index (χ3n) is 4.48. The van der Waals surface area contributed by atoms with Gasteiger partial charge in [0.15, 0.2) is 0 Å². The summed E-state index contributed by atoms with van der Waals surface area (Å²) in [7, 11) is 0. The third-order valence-corrected chi connectivity index (χ3v) is 4.48. The average molecular weight is 225 g/mol. The van der Waals surface area contributed by atoms with Crippen LogP contribution in [-0.4, -0.2) is 29.8 Å². The molecule has 0 aromatic rings. The highest BCUT2D eigenvalue weighted by atomic mass is 16.5. The summed E-state index contributed by atoms with van der Waals surface area (Å²) in [6.07, 6.45) is 5.32. The van der Waals surface area contributed by atoms with Crippen LogP contribution in [-0.2, 0) is 4.74 Å². The van der Waals surface area contributed by atoms with Gasteiger partial charge in [0.1, 0.15) is 5.72 Å². The van der Waals surface area contributed by atoms with Gasteiger partial charge in [0.2, 0.25) is 0 Å². The molecular weight excluding hydrogens is 198 g/mol. The molecule has 1 aliphatic heterocycles. The summed E-state index contributed by atoms with van der Waals surface area (Å²) in [4.78, 5) is 2.62. The maximum atomic E-state index is 6.26. The van der Waals surface area contributed by atoms with Crippen LogP contribution in [0.4, 0.5) is 0 Å². The first kappa shape index (κ1) is 12.4. The van der Waals surface area contributed by atoms with Crippen LogP contribution >= 0.6 is 0 Å². The molecule has 1 aliphatic carbocycles. The van der Waals surface area contributed by atoms with Gasteiger partial charge in [-0.3, -0.25) is 4.90 Å². The van der Waals surface area contributed by atoms with Crippen LogP contribution in [0.15, 0.2) is 0 Å². The molecule has 2 atom stereocenters. The maximum Gasteiger partial charge on any atom is 0.125 e. The molecule has 0 amide bonds. The van der Waals surface area contributed by atoms with Gasteiger partial charge in [-0.15, -0.1) is 0 Å². The molecule has 94 valence electrons. The minimum Gasteiger partial charge on any atom is -0.359 e. The fourth-order valence-electron chi connectivity index (χ4n) is 3.83. The Morgan fingerprint density at radius 1 is 1.19 bits per heavy atom. The van der Waals surface area contributed by atoms with E-state index in [1.165, 1.54) is 25.7 Å². The van der Waals surface area contributed by atoms with Crippen molar-refractivity contribution in [3.8, 4) is 0 Å². The lowest BCUT2D eigenvalue weighted by molar-refractivity contribution is -0.167. The highest BCUT2D eigenvalue weighted by Gasteiger charge is 2.51. The van der Waals surface area contributed by atoms with E-state index in [2.05, 4.69) is 32.6 Å². The van der Waals surface area contributed by atoms with E-state index in [-0.39, 0.29) is 5.72 Å². The Morgan fingerprint density at radius 3 is 2.56 bits per heavy atom. The summed E-state index contributed by atoms with van der Waals surface area (Å²) in [5.41, 5.74) is 0.0839. The van der Waals surface area contributed by atoms with Gasteiger partial charge in [-0.05, 0) is 39.0 Å². The van der Waals surface area contributed by atoms with Crippen molar-refractivity contribution in [3.05, 3.63) is 0 Å². The molecule has 0 bridgehead atoms. The number of nitrogens with zero attached hydrogens (tertiary/aromatic N) is 1. The van der Waals surface area contributed by atoms with Gasteiger partial charge in [-0.2, -0.15) is 0 Å². The molecule has 2 heteroatoms. The zero-order chi connectivity index (χ0) is 11.8. The Kier molecular flexibility index (Phi) is 3.60. The summed E-state index contributed by atoms with van der Waals surface area (Å²) >= 11 is 0. The van der Waals surface area contributed by atoms with E-state index >= 15 is 0 Å². The lowest BCUT2D eigenvalue weighted by atomic mass is 9.74. The van der Waals surface area contributed by atoms with Gasteiger partial charge in [0, 0.05) is 18.5 Å². The largest absolute Gasteiger partial charge is 0.359 e. The van der Waals surface area contributed by atoms with Crippen LogP contribution in [0, 0.1) is 11.8 Å². The minimum absolute atomic E-state index is 0.0839. The van der Waals surface area contributed by atoms with Crippen LogP contribution in [0.3, 0.4) is 0 Å². The van der Waals surface area contributed by atoms with Gasteiger partial charge >= 0.3 is 0 Å². The molecule has 1 heterocycles. The van der Waals surface area contributed by atoms with E-state index in [9.17, 15) is 0 Å². The molecule has 0 aromatic heterocycles. The first-order valence-electron chi connectivity index (χ1n) is 6.98. The van der Waals surface area contributed by atoms with Crippen molar-refractivity contribution in [3.63, 3.8) is 0 Å². The predicted molar refractivity (Wildman–Crippen MR) is 67.3 cm³/mol. The average Bonchev–Trinajstić information content (AvgIpc) is 2.62. The van der Waals surface area contributed by atoms with Crippen molar-refractivity contribution >= 4 is 0 Å². The molecule has 1 saturated heterocycles. The van der Waals surface area contributed by atoms with Gasteiger partial charge in [0.05, 0.1) is 6.61 Å². The topological polar surface area (TPSA) is 12.5 Å². The van der Waals surface area contributed by atoms with Crippen molar-refractivity contribution < 1.29 is 4.74 Å². The van der Waals surface area contributed by atoms with Crippen LogP contribution < -0.4 is 0 Å². The molecule has 0 radical (unpaired) electrons. The van der Waals surface area contributed by atoms with Crippen LogP contribution in [0.5, 0.6) is 0 Å². The number of ether oxygens (including phenoxy) is 1. The Labute approximate surface area is 100 Å². The van der Waals surface area contributed by atoms with E-state index in [1.807, 2.05) is 0 Å². The standard InChI is InChI=1S/C14H27NO/c1-11(2)13-7-5-6-8-14(13)15(12(3)4)9-10-16-14/h11-13H,5-10H2,1-4H3/t13-,14+/m0/s1. The highest BCUT2D eigenvalue weighted by Crippen LogP contribution is 2.46. The van der Waals surface area contributed by atoms with E-state index < -0.39 is 0 Å². The quantitative estimate of drug-likeness (QED) is 0.715. The van der Waals surface area contributed by atoms with E-state index in [0.717, 1.165) is 25.0 Å². The Hall–Kier alpha value is -0.0800. The van der Waals surface area contributed by atoms with E-state index in [4.69, 9.17) is 4.74 Å². The molecule has 2 nitrogen and oxygen atoms in total. The van der Waals surface area contributed by atoms with Crippen molar-refractivity contribution in [2.45, 2.75) is 65.1 Å². The molecule has 0 aromatic carbocycles. The molecule has 1 spiro atoms. The first-order valence-corrected chi connectivity index (χ1v) is 6.98. The number of hydrogen-bond donors (Lipinski definition) is 0. The van der Waals surface area contributed by atoms with Gasteiger partial charge in [-0.1, -0.05) is 20.3 Å². The normalized spacial score (nSPS) is 36.8. The minimum atomic E-state index is 0.0839. The second kappa shape index (κ2) is 4.66. The van der Waals surface area contributed by atoms with Gasteiger partial charge in [-0.25, -0.2) is 0 Å². The van der Waals surface area contributed by atoms with Crippen LogP contribution in [0.25, 0.3) is 0 Å². The van der Waals surface area contributed by atoms with E-state index in [1.54, 1.807) is 0 Å². The van der Waals surface area contributed by atoms with Gasteiger partial charge in [0.25, 0.3) is 0 Å². The maximum absolute atomic E-state index is 6.26. The monoisotopic (exact) mass is 225 g/mol. The highest BCUT2D eigenvalue weighted by molar-refractivity contribution is 4.97. The zero-order valence-corrected chi connectivity index (χ0v) is 11.3. The van der Waals surface area contributed by atoms with E-state index in [0.29, 0.717) is 6.04 Å². The SMILES string of the molecule is CC(C)[C@@H]1CCCC[C@@]12OCCN2C(C)C. The summed E-state index contributed by atoms with van der Waals surface area (Å²) in [5, 5.41) is 0. The van der Waals surface area contributed by atoms with Crippen molar-refractivity contribution in [2.75, 3.05) is 13.2 Å². The van der Waals surface area contributed by atoms with Crippen molar-refractivity contribution in [1.82, 2.24) is 4.90 Å². The Bertz CT molecular complexity index is 239. The first-order chi connectivity index (χ1) is 7.58. The summed E-state index contributed by atoms with van der Waals surface area (Å²) < 4.78 is 6.26.